The molecule has 1 aliphatic heterocycles. The van der Waals surface area contributed by atoms with Crippen molar-refractivity contribution in [3.63, 3.8) is 0 Å². The van der Waals surface area contributed by atoms with Crippen molar-refractivity contribution >= 4 is 5.84 Å². The minimum absolute atomic E-state index is 0.554. The van der Waals surface area contributed by atoms with Crippen LogP contribution in [0.3, 0.4) is 0 Å². The number of aromatic nitrogens is 3. The molecule has 0 amide bonds. The van der Waals surface area contributed by atoms with Crippen LogP contribution in [0.4, 0.5) is 0 Å². The number of nitrogens with one attached hydrogen (secondary N) is 3. The van der Waals surface area contributed by atoms with Gasteiger partial charge in [-0.3, -0.25) is 5.43 Å². The van der Waals surface area contributed by atoms with Crippen molar-refractivity contribution in [3.05, 3.63) is 71.3 Å². The van der Waals surface area contributed by atoms with Gasteiger partial charge < -0.3 is 9.47 Å². The molecular weight excluding hydrogens is 406 g/mol. The van der Waals surface area contributed by atoms with E-state index in [0.717, 1.165) is 53.2 Å². The van der Waals surface area contributed by atoms with Crippen LogP contribution in [0.2, 0.25) is 0 Å². The summed E-state index contributed by atoms with van der Waals surface area (Å²) < 4.78 is 12.6. The number of methoxy groups -OCH3 is 2. The zero-order chi connectivity index (χ0) is 22.3. The largest absolute Gasteiger partial charge is 0.349 e. The molecule has 32 heavy (non-hydrogen) atoms. The van der Waals surface area contributed by atoms with E-state index in [4.69, 9.17) is 9.47 Å². The van der Waals surface area contributed by atoms with Gasteiger partial charge >= 0.3 is 0 Å². The number of hydrogen-bond acceptors (Lipinski definition) is 8. The lowest BCUT2D eigenvalue weighted by atomic mass is 9.98. The van der Waals surface area contributed by atoms with Crippen molar-refractivity contribution in [2.24, 2.45) is 5.10 Å². The third-order valence-corrected chi connectivity index (χ3v) is 5.34. The van der Waals surface area contributed by atoms with Gasteiger partial charge in [0.25, 0.3) is 0 Å². The lowest BCUT2D eigenvalue weighted by Crippen LogP contribution is -2.35. The molecule has 0 saturated heterocycles. The molecule has 0 atom stereocenters. The summed E-state index contributed by atoms with van der Waals surface area (Å²) in [5, 5.41) is 8.90. The molecule has 3 N–H and O–H groups in total. The molecule has 0 spiro atoms. The predicted molar refractivity (Wildman–Crippen MR) is 122 cm³/mol. The van der Waals surface area contributed by atoms with Gasteiger partial charge in [-0.05, 0) is 23.1 Å². The lowest BCUT2D eigenvalue weighted by Gasteiger charge is -2.11. The molecule has 168 valence electrons. The smallest absolute Gasteiger partial charge is 0.220 e. The highest BCUT2D eigenvalue weighted by Crippen LogP contribution is 2.25. The first kappa shape index (κ1) is 21.9. The molecule has 1 aromatic heterocycles. The average molecular weight is 436 g/mol. The van der Waals surface area contributed by atoms with Crippen LogP contribution in [0.5, 0.6) is 0 Å². The van der Waals surface area contributed by atoms with Gasteiger partial charge in [-0.25, -0.2) is 15.2 Å². The molecule has 9 heteroatoms. The van der Waals surface area contributed by atoms with E-state index in [2.05, 4.69) is 68.9 Å². The van der Waals surface area contributed by atoms with Crippen molar-refractivity contribution in [3.8, 4) is 11.1 Å². The normalized spacial score (nSPS) is 13.2. The Hall–Kier alpha value is -3.27. The second kappa shape index (κ2) is 10.4. The van der Waals surface area contributed by atoms with Crippen molar-refractivity contribution in [1.82, 2.24) is 31.3 Å². The molecule has 2 heterocycles. The van der Waals surface area contributed by atoms with E-state index in [0.29, 0.717) is 12.4 Å². The van der Waals surface area contributed by atoms with Gasteiger partial charge in [-0.2, -0.15) is 5.10 Å². The first-order valence-electron chi connectivity index (χ1n) is 10.7. The molecule has 0 saturated carbocycles. The maximum Gasteiger partial charge on any atom is 0.220 e. The molecule has 1 aliphatic rings. The van der Waals surface area contributed by atoms with Crippen molar-refractivity contribution < 1.29 is 9.47 Å². The molecule has 0 aliphatic carbocycles. The summed E-state index contributed by atoms with van der Waals surface area (Å²) in [6.07, 6.45) is 2.46. The summed E-state index contributed by atoms with van der Waals surface area (Å²) in [6, 6.07) is 16.7. The number of benzene rings is 2. The number of hydrogen-bond donors (Lipinski definition) is 3. The third-order valence-electron chi connectivity index (χ3n) is 5.34. The van der Waals surface area contributed by atoms with Crippen molar-refractivity contribution in [1.29, 1.82) is 0 Å². The van der Waals surface area contributed by atoms with E-state index in [-0.39, 0.29) is 0 Å². The number of aryl methyl sites for hydroxylation is 1. The summed E-state index contributed by atoms with van der Waals surface area (Å²) in [5.41, 5.74) is 12.9. The minimum atomic E-state index is -0.563. The van der Waals surface area contributed by atoms with Gasteiger partial charge in [0.1, 0.15) is 5.82 Å². The van der Waals surface area contributed by atoms with Crippen LogP contribution in [0.15, 0.2) is 53.6 Å². The topological polar surface area (TPSA) is 97.6 Å². The number of hydrazone groups is 1. The van der Waals surface area contributed by atoms with Crippen LogP contribution in [0.25, 0.3) is 11.1 Å². The number of amidine groups is 1. The summed E-state index contributed by atoms with van der Waals surface area (Å²) in [7, 11) is 3.19. The van der Waals surface area contributed by atoms with E-state index in [1.54, 1.807) is 14.2 Å². The zero-order valence-corrected chi connectivity index (χ0v) is 18.6. The fourth-order valence-electron chi connectivity index (χ4n) is 3.68. The molecule has 0 bridgehead atoms. The highest BCUT2D eigenvalue weighted by atomic mass is 16.7. The third kappa shape index (κ3) is 4.80. The van der Waals surface area contributed by atoms with E-state index >= 15 is 0 Å². The van der Waals surface area contributed by atoms with E-state index in [1.165, 1.54) is 0 Å². The van der Waals surface area contributed by atoms with E-state index < -0.39 is 6.29 Å². The average Bonchev–Trinajstić information content (AvgIpc) is 3.50. The first-order valence-corrected chi connectivity index (χ1v) is 10.7. The highest BCUT2D eigenvalue weighted by Gasteiger charge is 2.19. The number of unbranched alkanes of at least 4 members (excludes halogenated alkanes) is 1. The predicted octanol–water partition coefficient (Wildman–Crippen LogP) is 2.90. The minimum Gasteiger partial charge on any atom is -0.349 e. The first-order chi connectivity index (χ1) is 15.7. The number of ether oxygens (including phenoxy) is 2. The zero-order valence-electron chi connectivity index (χ0n) is 18.6. The SMILES string of the molecule is CCCCc1nc(C(OC)OC)nn1Cc1ccc(-c2ccccc2C2=NNNN2)cc1. The van der Waals surface area contributed by atoms with Crippen LogP contribution >= 0.6 is 0 Å². The van der Waals surface area contributed by atoms with Crippen LogP contribution in [-0.4, -0.2) is 34.8 Å². The Bertz CT molecular complexity index is 1060. The molecule has 9 nitrogen and oxygen atoms in total. The fraction of sp³-hybridized carbons (Fsp3) is 0.348. The monoisotopic (exact) mass is 435 g/mol. The number of rotatable bonds is 10. The second-order valence-corrected chi connectivity index (χ2v) is 7.52. The Balaban J connectivity index is 1.57. The Morgan fingerprint density at radius 1 is 1.00 bits per heavy atom. The molecule has 4 rings (SSSR count). The molecule has 2 aromatic carbocycles. The number of nitrogens with zero attached hydrogens (tertiary/aromatic N) is 4. The maximum atomic E-state index is 5.34. The number of hydrazine groups is 2. The van der Waals surface area contributed by atoms with Crippen LogP contribution in [-0.2, 0) is 22.4 Å². The van der Waals surface area contributed by atoms with Gasteiger partial charge in [0.15, 0.2) is 5.84 Å². The van der Waals surface area contributed by atoms with E-state index in [9.17, 15) is 0 Å². The Morgan fingerprint density at radius 2 is 1.75 bits per heavy atom. The van der Waals surface area contributed by atoms with Crippen LogP contribution in [0, 0.1) is 0 Å². The Morgan fingerprint density at radius 3 is 2.41 bits per heavy atom. The summed E-state index contributed by atoms with van der Waals surface area (Å²) in [4.78, 5) is 4.68. The Labute approximate surface area is 187 Å². The molecule has 0 radical (unpaired) electrons. The standard InChI is InChI=1S/C23H29N7O2/c1-4-5-10-20-24-22(23(31-2)32-3)27-30(20)15-16-11-13-17(14-12-16)18-8-6-7-9-19(18)21-25-28-29-26-21/h6-9,11-14,23,28-29H,4-5,10,15H2,1-3H3,(H,25,26). The van der Waals surface area contributed by atoms with Gasteiger partial charge in [-0.1, -0.05) is 61.9 Å². The van der Waals surface area contributed by atoms with Crippen LogP contribution < -0.4 is 16.5 Å². The Kier molecular flexibility index (Phi) is 7.10. The summed E-state index contributed by atoms with van der Waals surface area (Å²) in [5.74, 6) is 2.26. The van der Waals surface area contributed by atoms with Crippen molar-refractivity contribution in [2.75, 3.05) is 14.2 Å². The quantitative estimate of drug-likeness (QED) is 0.421. The molecular formula is C23H29N7O2. The molecule has 0 unspecified atom stereocenters. The molecule has 0 fully saturated rings. The van der Waals surface area contributed by atoms with Gasteiger partial charge in [0.2, 0.25) is 12.1 Å². The van der Waals surface area contributed by atoms with Gasteiger partial charge in [0, 0.05) is 26.2 Å². The van der Waals surface area contributed by atoms with Gasteiger partial charge in [0.05, 0.1) is 6.54 Å². The lowest BCUT2D eigenvalue weighted by molar-refractivity contribution is -0.111. The second-order valence-electron chi connectivity index (χ2n) is 7.52. The van der Waals surface area contributed by atoms with Gasteiger partial charge in [-0.15, -0.1) is 10.6 Å². The van der Waals surface area contributed by atoms with E-state index in [1.807, 2.05) is 22.9 Å². The van der Waals surface area contributed by atoms with Crippen molar-refractivity contribution in [2.45, 2.75) is 39.0 Å². The summed E-state index contributed by atoms with van der Waals surface area (Å²) >= 11 is 0. The fourth-order valence-corrected chi connectivity index (χ4v) is 3.68. The summed E-state index contributed by atoms with van der Waals surface area (Å²) in [6.45, 7) is 2.81. The van der Waals surface area contributed by atoms with Crippen LogP contribution in [0.1, 0.15) is 48.8 Å². The highest BCUT2D eigenvalue weighted by molar-refractivity contribution is 6.04. The maximum absolute atomic E-state index is 5.34. The molecule has 3 aromatic rings.